The summed E-state index contributed by atoms with van der Waals surface area (Å²) in [5.41, 5.74) is -0.165. The Balaban J connectivity index is 1.82. The van der Waals surface area contributed by atoms with Crippen molar-refractivity contribution in [1.29, 1.82) is 0 Å². The van der Waals surface area contributed by atoms with Gasteiger partial charge in [0.15, 0.2) is 0 Å². The number of urea groups is 1. The number of hydrogen-bond donors (Lipinski definition) is 0. The molecule has 26 heavy (non-hydrogen) atoms. The van der Waals surface area contributed by atoms with Gasteiger partial charge in [-0.3, -0.25) is 9.69 Å². The second-order valence-corrected chi connectivity index (χ2v) is 9.28. The van der Waals surface area contributed by atoms with Crippen LogP contribution in [-0.4, -0.2) is 84.9 Å². The van der Waals surface area contributed by atoms with E-state index in [4.69, 9.17) is 0 Å². The van der Waals surface area contributed by atoms with Crippen LogP contribution in [-0.2, 0) is 11.3 Å². The molecular weight excluding hydrogens is 348 g/mol. The Bertz CT molecular complexity index is 674. The summed E-state index contributed by atoms with van der Waals surface area (Å²) < 4.78 is 0. The van der Waals surface area contributed by atoms with Crippen molar-refractivity contribution >= 4 is 23.3 Å². The number of thiophene rings is 1. The number of aryl methyl sites for hydroxylation is 1. The third-order valence-corrected chi connectivity index (χ3v) is 6.37. The van der Waals surface area contributed by atoms with Crippen molar-refractivity contribution in [3.63, 3.8) is 0 Å². The summed E-state index contributed by atoms with van der Waals surface area (Å²) in [6, 6.07) is 4.40. The zero-order chi connectivity index (χ0) is 18.9. The van der Waals surface area contributed by atoms with Crippen molar-refractivity contribution in [2.24, 2.45) is 5.41 Å². The van der Waals surface area contributed by atoms with Gasteiger partial charge in [0.25, 0.3) is 0 Å². The van der Waals surface area contributed by atoms with E-state index >= 15 is 0 Å². The molecule has 1 atom stereocenters. The number of carbonyl (C=O) groups excluding carboxylic acids is 2. The minimum atomic E-state index is -0.165. The second-order valence-electron chi connectivity index (χ2n) is 7.91. The highest BCUT2D eigenvalue weighted by molar-refractivity contribution is 7.11. The van der Waals surface area contributed by atoms with Crippen molar-refractivity contribution < 1.29 is 9.59 Å². The first-order chi connectivity index (χ1) is 12.3. The molecule has 0 aromatic carbocycles. The number of rotatable bonds is 3. The van der Waals surface area contributed by atoms with Crippen LogP contribution in [0, 0.1) is 12.3 Å². The number of nitrogens with zero attached hydrogens (tertiary/aromatic N) is 4. The molecule has 144 valence electrons. The SMILES string of the molecule is CCN1C[C@@]2(CC1=O)CN(Cc1ccc(C)s1)CCN(C(=O)N(C)C)C2. The predicted octanol–water partition coefficient (Wildman–Crippen LogP) is 2.09. The number of amides is 3. The van der Waals surface area contributed by atoms with E-state index in [2.05, 4.69) is 24.0 Å². The van der Waals surface area contributed by atoms with Gasteiger partial charge in [-0.25, -0.2) is 4.79 Å². The molecule has 0 aliphatic carbocycles. The standard InChI is InChI=1S/C19H30N4O2S/c1-5-22-13-19(10-17(22)24)12-21(11-16-7-6-15(2)26-16)8-9-23(14-19)18(25)20(3)4/h6-7H,5,8-14H2,1-4H3/t19-/m1/s1. The number of carbonyl (C=O) groups is 2. The summed E-state index contributed by atoms with van der Waals surface area (Å²) in [7, 11) is 3.59. The molecule has 2 saturated heterocycles. The van der Waals surface area contributed by atoms with Crippen molar-refractivity contribution in [2.45, 2.75) is 26.8 Å². The molecule has 1 spiro atoms. The molecule has 0 radical (unpaired) electrons. The Morgan fingerprint density at radius 2 is 2.00 bits per heavy atom. The largest absolute Gasteiger partial charge is 0.342 e. The van der Waals surface area contributed by atoms with Gasteiger partial charge in [-0.2, -0.15) is 0 Å². The van der Waals surface area contributed by atoms with Crippen LogP contribution < -0.4 is 0 Å². The average molecular weight is 379 g/mol. The van der Waals surface area contributed by atoms with Crippen LogP contribution in [0.25, 0.3) is 0 Å². The lowest BCUT2D eigenvalue weighted by Crippen LogP contribution is -2.47. The van der Waals surface area contributed by atoms with E-state index in [1.165, 1.54) is 9.75 Å². The van der Waals surface area contributed by atoms with Crippen LogP contribution in [0.2, 0.25) is 0 Å². The van der Waals surface area contributed by atoms with Gasteiger partial charge in [-0.05, 0) is 26.0 Å². The van der Waals surface area contributed by atoms with Gasteiger partial charge in [0.2, 0.25) is 5.91 Å². The third kappa shape index (κ3) is 4.04. The van der Waals surface area contributed by atoms with Gasteiger partial charge in [-0.15, -0.1) is 11.3 Å². The van der Waals surface area contributed by atoms with Crippen LogP contribution in [0.4, 0.5) is 4.79 Å². The summed E-state index contributed by atoms with van der Waals surface area (Å²) in [6.07, 6.45) is 0.540. The van der Waals surface area contributed by atoms with E-state index in [0.717, 1.165) is 32.7 Å². The van der Waals surface area contributed by atoms with E-state index in [-0.39, 0.29) is 17.4 Å². The lowest BCUT2D eigenvalue weighted by molar-refractivity contribution is -0.127. The first-order valence-electron chi connectivity index (χ1n) is 9.33. The Morgan fingerprint density at radius 1 is 1.23 bits per heavy atom. The third-order valence-electron chi connectivity index (χ3n) is 5.39. The maximum absolute atomic E-state index is 12.6. The molecule has 3 rings (SSSR count). The molecule has 0 N–H and O–H groups in total. The van der Waals surface area contributed by atoms with E-state index in [0.29, 0.717) is 19.5 Å². The first-order valence-corrected chi connectivity index (χ1v) is 10.2. The quantitative estimate of drug-likeness (QED) is 0.809. The van der Waals surface area contributed by atoms with E-state index in [1.54, 1.807) is 19.0 Å². The number of hydrogen-bond acceptors (Lipinski definition) is 4. The molecule has 1 aromatic heterocycles. The highest BCUT2D eigenvalue weighted by Gasteiger charge is 2.46. The van der Waals surface area contributed by atoms with Gasteiger partial charge in [0.1, 0.15) is 0 Å². The molecule has 2 aliphatic rings. The Morgan fingerprint density at radius 3 is 2.58 bits per heavy atom. The minimum Gasteiger partial charge on any atom is -0.342 e. The van der Waals surface area contributed by atoms with Gasteiger partial charge in [0.05, 0.1) is 0 Å². The fourth-order valence-electron chi connectivity index (χ4n) is 4.20. The van der Waals surface area contributed by atoms with E-state index in [1.807, 2.05) is 28.1 Å². The molecule has 0 bridgehead atoms. The van der Waals surface area contributed by atoms with Crippen LogP contribution in [0.3, 0.4) is 0 Å². The second kappa shape index (κ2) is 7.56. The zero-order valence-electron chi connectivity index (χ0n) is 16.3. The first kappa shape index (κ1) is 19.2. The van der Waals surface area contributed by atoms with Crippen molar-refractivity contribution in [2.75, 3.05) is 53.4 Å². The van der Waals surface area contributed by atoms with Crippen LogP contribution in [0.5, 0.6) is 0 Å². The summed E-state index contributed by atoms with van der Waals surface area (Å²) in [4.78, 5) is 35.7. The van der Waals surface area contributed by atoms with E-state index in [9.17, 15) is 9.59 Å². The topological polar surface area (TPSA) is 47.1 Å². The highest BCUT2D eigenvalue weighted by atomic mass is 32.1. The van der Waals surface area contributed by atoms with E-state index < -0.39 is 0 Å². The van der Waals surface area contributed by atoms with Crippen LogP contribution in [0.1, 0.15) is 23.1 Å². The lowest BCUT2D eigenvalue weighted by Gasteiger charge is -2.34. The lowest BCUT2D eigenvalue weighted by atomic mass is 9.86. The molecule has 1 aromatic rings. The normalized spacial score (nSPS) is 24.4. The smallest absolute Gasteiger partial charge is 0.319 e. The maximum atomic E-state index is 12.6. The van der Waals surface area contributed by atoms with Gasteiger partial charge in [0, 0.05) is 81.5 Å². The molecular formula is C19H30N4O2S. The molecule has 2 aliphatic heterocycles. The van der Waals surface area contributed by atoms with Gasteiger partial charge in [-0.1, -0.05) is 0 Å². The highest BCUT2D eigenvalue weighted by Crippen LogP contribution is 2.36. The summed E-state index contributed by atoms with van der Waals surface area (Å²) >= 11 is 1.83. The summed E-state index contributed by atoms with van der Waals surface area (Å²) in [6.45, 7) is 9.63. The average Bonchev–Trinajstić information content (AvgIpc) is 3.07. The van der Waals surface area contributed by atoms with Gasteiger partial charge < -0.3 is 14.7 Å². The molecule has 3 heterocycles. The Kier molecular flexibility index (Phi) is 5.58. The fourth-order valence-corrected chi connectivity index (χ4v) is 5.14. The van der Waals surface area contributed by atoms with Crippen molar-refractivity contribution in [3.8, 4) is 0 Å². The molecule has 6 nitrogen and oxygen atoms in total. The van der Waals surface area contributed by atoms with Crippen molar-refractivity contribution in [1.82, 2.24) is 19.6 Å². The zero-order valence-corrected chi connectivity index (χ0v) is 17.1. The van der Waals surface area contributed by atoms with Crippen LogP contribution in [0.15, 0.2) is 12.1 Å². The minimum absolute atomic E-state index is 0.0422. The molecule has 3 amide bonds. The summed E-state index contributed by atoms with van der Waals surface area (Å²) in [5, 5.41) is 0. The number of likely N-dealkylation sites (tertiary alicyclic amines) is 1. The monoisotopic (exact) mass is 378 g/mol. The fraction of sp³-hybridized carbons (Fsp3) is 0.684. The molecule has 0 unspecified atom stereocenters. The Hall–Kier alpha value is -1.60. The van der Waals surface area contributed by atoms with Crippen molar-refractivity contribution in [3.05, 3.63) is 21.9 Å². The molecule has 2 fully saturated rings. The maximum Gasteiger partial charge on any atom is 0.319 e. The predicted molar refractivity (Wildman–Crippen MR) is 104 cm³/mol. The summed E-state index contributed by atoms with van der Waals surface area (Å²) in [5.74, 6) is 0.221. The molecule has 0 saturated carbocycles. The molecule has 7 heteroatoms. The van der Waals surface area contributed by atoms with Crippen LogP contribution >= 0.6 is 11.3 Å². The van der Waals surface area contributed by atoms with Gasteiger partial charge >= 0.3 is 6.03 Å². The Labute approximate surface area is 160 Å².